The minimum absolute atomic E-state index is 0.268. The molecule has 2 heterocycles. The summed E-state index contributed by atoms with van der Waals surface area (Å²) in [5.74, 6) is -0.648. The maximum Gasteiger partial charge on any atom is 0.330 e. The molecule has 2 saturated heterocycles. The van der Waals surface area contributed by atoms with E-state index in [2.05, 4.69) is 10.2 Å². The zero-order valence-electron chi connectivity index (χ0n) is 12.4. The van der Waals surface area contributed by atoms with Crippen molar-refractivity contribution in [1.29, 1.82) is 0 Å². The molecule has 1 aliphatic carbocycles. The van der Waals surface area contributed by atoms with E-state index in [4.69, 9.17) is 0 Å². The number of amides is 4. The lowest BCUT2D eigenvalue weighted by Gasteiger charge is -2.41. The zero-order chi connectivity index (χ0) is 14.9. The van der Waals surface area contributed by atoms with Crippen molar-refractivity contribution in [3.05, 3.63) is 0 Å². The summed E-state index contributed by atoms with van der Waals surface area (Å²) < 4.78 is 0. The number of likely N-dealkylation sites (tertiary alicyclic amines) is 1. The number of imide groups is 2. The van der Waals surface area contributed by atoms with E-state index < -0.39 is 11.4 Å². The monoisotopic (exact) mass is 293 g/mol. The van der Waals surface area contributed by atoms with Crippen LogP contribution in [0.3, 0.4) is 0 Å². The first-order chi connectivity index (χ1) is 10.1. The van der Waals surface area contributed by atoms with Gasteiger partial charge in [-0.15, -0.1) is 0 Å². The second kappa shape index (κ2) is 5.75. The van der Waals surface area contributed by atoms with Crippen LogP contribution in [0, 0.1) is 5.41 Å². The van der Waals surface area contributed by atoms with Crippen LogP contribution in [0.2, 0.25) is 0 Å². The van der Waals surface area contributed by atoms with E-state index in [1.807, 2.05) is 0 Å². The fraction of sp³-hybridized carbons (Fsp3) is 0.800. The summed E-state index contributed by atoms with van der Waals surface area (Å²) in [4.78, 5) is 40.5. The van der Waals surface area contributed by atoms with Gasteiger partial charge in [0.2, 0.25) is 11.8 Å². The fourth-order valence-electron chi connectivity index (χ4n) is 3.78. The second-order valence-electron chi connectivity index (χ2n) is 6.41. The Morgan fingerprint density at radius 2 is 1.57 bits per heavy atom. The summed E-state index contributed by atoms with van der Waals surface area (Å²) in [7, 11) is 0. The van der Waals surface area contributed by atoms with E-state index in [-0.39, 0.29) is 11.8 Å². The predicted molar refractivity (Wildman–Crippen MR) is 76.4 cm³/mol. The second-order valence-corrected chi connectivity index (χ2v) is 6.41. The van der Waals surface area contributed by atoms with Gasteiger partial charge in [0, 0.05) is 13.1 Å². The maximum absolute atomic E-state index is 12.8. The Morgan fingerprint density at radius 3 is 2.24 bits per heavy atom. The summed E-state index contributed by atoms with van der Waals surface area (Å²) in [5.41, 5.74) is -0.975. The van der Waals surface area contributed by atoms with Crippen LogP contribution in [0.4, 0.5) is 4.79 Å². The molecule has 1 saturated carbocycles. The highest BCUT2D eigenvalue weighted by Crippen LogP contribution is 2.40. The Kier molecular flexibility index (Phi) is 3.97. The van der Waals surface area contributed by atoms with Gasteiger partial charge in [0.25, 0.3) is 0 Å². The van der Waals surface area contributed by atoms with Crippen molar-refractivity contribution in [2.24, 2.45) is 5.41 Å². The van der Waals surface area contributed by atoms with Crippen molar-refractivity contribution in [1.82, 2.24) is 15.1 Å². The van der Waals surface area contributed by atoms with Crippen molar-refractivity contribution >= 4 is 17.8 Å². The van der Waals surface area contributed by atoms with Gasteiger partial charge >= 0.3 is 6.03 Å². The van der Waals surface area contributed by atoms with Crippen molar-refractivity contribution in [3.8, 4) is 0 Å². The Hall–Kier alpha value is -1.43. The summed E-state index contributed by atoms with van der Waals surface area (Å²) in [6, 6.07) is -0.541. The molecule has 0 radical (unpaired) electrons. The van der Waals surface area contributed by atoms with Gasteiger partial charge in [-0.1, -0.05) is 19.3 Å². The standard InChI is InChI=1S/C15H23N3O3/c19-12-15(6-2-1-3-7-15)13(20)18(14(21)16-12)11-10-17-8-4-5-9-17/h1-11H2,(H,16,19,21). The van der Waals surface area contributed by atoms with Crippen LogP contribution in [0.25, 0.3) is 0 Å². The van der Waals surface area contributed by atoms with Crippen LogP contribution in [0.5, 0.6) is 0 Å². The van der Waals surface area contributed by atoms with Crippen LogP contribution in [0.1, 0.15) is 44.9 Å². The summed E-state index contributed by atoms with van der Waals surface area (Å²) in [5, 5.41) is 2.40. The van der Waals surface area contributed by atoms with Crippen molar-refractivity contribution in [2.75, 3.05) is 26.2 Å². The maximum atomic E-state index is 12.8. The molecule has 0 aromatic carbocycles. The smallest absolute Gasteiger partial charge is 0.302 e. The Labute approximate surface area is 124 Å². The van der Waals surface area contributed by atoms with Gasteiger partial charge in [0.1, 0.15) is 5.41 Å². The summed E-state index contributed by atoms with van der Waals surface area (Å²) in [6.45, 7) is 3.17. The quantitative estimate of drug-likeness (QED) is 0.791. The van der Waals surface area contributed by atoms with Crippen LogP contribution >= 0.6 is 0 Å². The van der Waals surface area contributed by atoms with Gasteiger partial charge in [-0.3, -0.25) is 19.8 Å². The number of hydrogen-bond acceptors (Lipinski definition) is 4. The number of urea groups is 1. The molecule has 116 valence electrons. The lowest BCUT2D eigenvalue weighted by Crippen LogP contribution is -2.65. The molecule has 0 bridgehead atoms. The van der Waals surface area contributed by atoms with Crippen LogP contribution in [0.15, 0.2) is 0 Å². The Balaban J connectivity index is 1.71. The fourth-order valence-corrected chi connectivity index (χ4v) is 3.78. The lowest BCUT2D eigenvalue weighted by molar-refractivity contribution is -0.154. The number of carbonyl (C=O) groups excluding carboxylic acids is 3. The minimum Gasteiger partial charge on any atom is -0.302 e. The molecule has 0 unspecified atom stereocenters. The first kappa shape index (κ1) is 14.5. The van der Waals surface area contributed by atoms with Crippen molar-refractivity contribution < 1.29 is 14.4 Å². The Morgan fingerprint density at radius 1 is 0.905 bits per heavy atom. The molecular formula is C15H23N3O3. The number of nitrogens with one attached hydrogen (secondary N) is 1. The van der Waals surface area contributed by atoms with Gasteiger partial charge in [0.05, 0.1) is 0 Å². The lowest BCUT2D eigenvalue weighted by atomic mass is 9.71. The van der Waals surface area contributed by atoms with E-state index >= 15 is 0 Å². The molecule has 3 rings (SSSR count). The number of rotatable bonds is 3. The van der Waals surface area contributed by atoms with Gasteiger partial charge in [-0.2, -0.15) is 0 Å². The molecular weight excluding hydrogens is 270 g/mol. The third kappa shape index (κ3) is 2.57. The van der Waals surface area contributed by atoms with E-state index in [1.165, 1.54) is 17.7 Å². The molecule has 0 atom stereocenters. The van der Waals surface area contributed by atoms with Gasteiger partial charge in [-0.25, -0.2) is 4.79 Å². The predicted octanol–water partition coefficient (Wildman–Crippen LogP) is 1.11. The molecule has 3 fully saturated rings. The van der Waals surface area contributed by atoms with Gasteiger partial charge in [0.15, 0.2) is 0 Å². The van der Waals surface area contributed by atoms with Crippen molar-refractivity contribution in [2.45, 2.75) is 44.9 Å². The highest BCUT2D eigenvalue weighted by molar-refractivity contribution is 6.19. The van der Waals surface area contributed by atoms with E-state index in [9.17, 15) is 14.4 Å². The largest absolute Gasteiger partial charge is 0.330 e. The molecule has 6 nitrogen and oxygen atoms in total. The number of nitrogens with zero attached hydrogens (tertiary/aromatic N) is 2. The zero-order valence-corrected chi connectivity index (χ0v) is 12.4. The Bertz CT molecular complexity index is 451. The van der Waals surface area contributed by atoms with E-state index in [0.29, 0.717) is 25.9 Å². The number of carbonyl (C=O) groups is 3. The third-order valence-corrected chi connectivity index (χ3v) is 5.10. The topological polar surface area (TPSA) is 69.7 Å². The van der Waals surface area contributed by atoms with Crippen LogP contribution in [-0.4, -0.2) is 53.8 Å². The summed E-state index contributed by atoms with van der Waals surface area (Å²) >= 11 is 0. The molecule has 6 heteroatoms. The molecule has 21 heavy (non-hydrogen) atoms. The van der Waals surface area contributed by atoms with E-state index in [0.717, 1.165) is 32.4 Å². The number of hydrogen-bond donors (Lipinski definition) is 1. The van der Waals surface area contributed by atoms with Crippen LogP contribution < -0.4 is 5.32 Å². The minimum atomic E-state index is -0.975. The van der Waals surface area contributed by atoms with Crippen molar-refractivity contribution in [3.63, 3.8) is 0 Å². The average Bonchev–Trinajstić information content (AvgIpc) is 3.00. The third-order valence-electron chi connectivity index (χ3n) is 5.10. The number of barbiturate groups is 1. The molecule has 1 N–H and O–H groups in total. The van der Waals surface area contributed by atoms with Crippen LogP contribution in [-0.2, 0) is 9.59 Å². The SMILES string of the molecule is O=C1NC(=O)C2(CCCCC2)C(=O)N1CCN1CCCC1. The highest BCUT2D eigenvalue weighted by atomic mass is 16.2. The molecule has 1 spiro atoms. The molecule has 0 aromatic rings. The molecule has 2 aliphatic heterocycles. The molecule has 0 aromatic heterocycles. The summed E-state index contributed by atoms with van der Waals surface area (Å²) in [6.07, 6.45) is 6.34. The normalized spacial score (nSPS) is 26.5. The molecule has 3 aliphatic rings. The van der Waals surface area contributed by atoms with E-state index in [1.54, 1.807) is 0 Å². The average molecular weight is 293 g/mol. The first-order valence-corrected chi connectivity index (χ1v) is 8.03. The first-order valence-electron chi connectivity index (χ1n) is 8.03. The molecule has 4 amide bonds. The van der Waals surface area contributed by atoms with Gasteiger partial charge in [-0.05, 0) is 38.8 Å². The van der Waals surface area contributed by atoms with Gasteiger partial charge < -0.3 is 4.90 Å². The highest BCUT2D eigenvalue weighted by Gasteiger charge is 2.53.